The fourth-order valence-electron chi connectivity index (χ4n) is 1.20. The number of likely N-dealkylation sites (N-methyl/N-ethyl adjacent to an activating group) is 1. The van der Waals surface area contributed by atoms with Gasteiger partial charge in [0.25, 0.3) is 0 Å². The van der Waals surface area contributed by atoms with Gasteiger partial charge in [0, 0.05) is 12.1 Å². The van der Waals surface area contributed by atoms with Crippen LogP contribution in [0.4, 0.5) is 0 Å². The highest BCUT2D eigenvalue weighted by Crippen LogP contribution is 2.05. The van der Waals surface area contributed by atoms with E-state index in [4.69, 9.17) is 9.84 Å². The number of hydrogen-bond donors (Lipinski definition) is 1. The Labute approximate surface area is 88.1 Å². The summed E-state index contributed by atoms with van der Waals surface area (Å²) in [5.41, 5.74) is 0. The second-order valence-corrected chi connectivity index (χ2v) is 4.15. The molecular formula is C11H25NO2. The zero-order valence-corrected chi connectivity index (χ0v) is 10.2. The Morgan fingerprint density at radius 3 is 2.21 bits per heavy atom. The molecule has 1 N–H and O–H groups in total. The summed E-state index contributed by atoms with van der Waals surface area (Å²) >= 11 is 0. The van der Waals surface area contributed by atoms with E-state index in [1.165, 1.54) is 0 Å². The Balaban J connectivity index is 3.77. The minimum Gasteiger partial charge on any atom is -0.394 e. The minimum atomic E-state index is -0.00184. The highest BCUT2D eigenvalue weighted by atomic mass is 16.5. The van der Waals surface area contributed by atoms with Gasteiger partial charge in [-0.05, 0) is 34.2 Å². The monoisotopic (exact) mass is 203 g/mol. The Hall–Kier alpha value is -0.120. The molecule has 0 aliphatic carbocycles. The lowest BCUT2D eigenvalue weighted by atomic mass is 10.2. The molecule has 0 saturated heterocycles. The van der Waals surface area contributed by atoms with E-state index < -0.39 is 0 Å². The van der Waals surface area contributed by atoms with Gasteiger partial charge >= 0.3 is 0 Å². The standard InChI is InChI=1S/C11H25NO2/c1-6-11(7-13)14-8-10(4)12(5)9(2)3/h9-11,13H,6-8H2,1-5H3. The van der Waals surface area contributed by atoms with Gasteiger partial charge in [0.1, 0.15) is 0 Å². The summed E-state index contributed by atoms with van der Waals surface area (Å²) in [5.74, 6) is 0. The number of aliphatic hydroxyl groups excluding tert-OH is 1. The third kappa shape index (κ3) is 4.94. The van der Waals surface area contributed by atoms with E-state index in [0.717, 1.165) is 6.42 Å². The van der Waals surface area contributed by atoms with E-state index in [0.29, 0.717) is 18.7 Å². The SMILES string of the molecule is CCC(CO)OCC(C)N(C)C(C)C. The summed E-state index contributed by atoms with van der Waals surface area (Å²) in [7, 11) is 2.10. The summed E-state index contributed by atoms with van der Waals surface area (Å²) in [6, 6.07) is 0.929. The summed E-state index contributed by atoms with van der Waals surface area (Å²) in [6.45, 7) is 9.31. The van der Waals surface area contributed by atoms with E-state index in [9.17, 15) is 0 Å². The number of aliphatic hydroxyl groups is 1. The van der Waals surface area contributed by atoms with Gasteiger partial charge in [0.2, 0.25) is 0 Å². The first-order chi connectivity index (χ1) is 6.52. The van der Waals surface area contributed by atoms with E-state index in [-0.39, 0.29) is 12.7 Å². The lowest BCUT2D eigenvalue weighted by Gasteiger charge is -2.29. The molecule has 0 rings (SSSR count). The van der Waals surface area contributed by atoms with Gasteiger partial charge in [0.05, 0.1) is 19.3 Å². The fourth-order valence-corrected chi connectivity index (χ4v) is 1.20. The zero-order chi connectivity index (χ0) is 11.1. The first kappa shape index (κ1) is 13.9. The van der Waals surface area contributed by atoms with Crippen molar-refractivity contribution in [1.82, 2.24) is 4.90 Å². The van der Waals surface area contributed by atoms with Crippen LogP contribution in [0.2, 0.25) is 0 Å². The molecule has 0 bridgehead atoms. The highest BCUT2D eigenvalue weighted by Gasteiger charge is 2.14. The van der Waals surface area contributed by atoms with Crippen LogP contribution in [0.5, 0.6) is 0 Å². The van der Waals surface area contributed by atoms with Crippen LogP contribution >= 0.6 is 0 Å². The molecule has 3 heteroatoms. The molecule has 0 aliphatic rings. The van der Waals surface area contributed by atoms with Crippen LogP contribution < -0.4 is 0 Å². The molecule has 0 heterocycles. The molecule has 0 fully saturated rings. The molecule has 0 aromatic carbocycles. The molecule has 0 saturated carbocycles. The van der Waals surface area contributed by atoms with Crippen molar-refractivity contribution in [2.24, 2.45) is 0 Å². The van der Waals surface area contributed by atoms with Crippen LogP contribution in [0.15, 0.2) is 0 Å². The molecule has 86 valence electrons. The lowest BCUT2D eigenvalue weighted by Crippen LogP contribution is -2.39. The second-order valence-electron chi connectivity index (χ2n) is 4.15. The third-order valence-electron chi connectivity index (χ3n) is 2.74. The van der Waals surface area contributed by atoms with Gasteiger partial charge in [-0.1, -0.05) is 6.92 Å². The van der Waals surface area contributed by atoms with Gasteiger partial charge in [-0.15, -0.1) is 0 Å². The number of rotatable bonds is 7. The average molecular weight is 203 g/mol. The van der Waals surface area contributed by atoms with Crippen molar-refractivity contribution >= 4 is 0 Å². The van der Waals surface area contributed by atoms with Crippen LogP contribution in [0.1, 0.15) is 34.1 Å². The van der Waals surface area contributed by atoms with Crippen molar-refractivity contribution in [3.05, 3.63) is 0 Å². The Kier molecular flexibility index (Phi) is 7.15. The molecule has 0 radical (unpaired) electrons. The van der Waals surface area contributed by atoms with E-state index in [1.807, 2.05) is 6.92 Å². The third-order valence-corrected chi connectivity index (χ3v) is 2.74. The van der Waals surface area contributed by atoms with Crippen LogP contribution in [0.3, 0.4) is 0 Å². The quantitative estimate of drug-likeness (QED) is 0.680. The van der Waals surface area contributed by atoms with Crippen LogP contribution in [0, 0.1) is 0 Å². The Morgan fingerprint density at radius 1 is 1.29 bits per heavy atom. The van der Waals surface area contributed by atoms with Gasteiger partial charge in [-0.3, -0.25) is 4.90 Å². The van der Waals surface area contributed by atoms with Crippen molar-refractivity contribution in [2.45, 2.75) is 52.3 Å². The summed E-state index contributed by atoms with van der Waals surface area (Å²) < 4.78 is 5.58. The van der Waals surface area contributed by atoms with Crippen LogP contribution in [-0.4, -0.2) is 48.5 Å². The van der Waals surface area contributed by atoms with Crippen molar-refractivity contribution in [3.63, 3.8) is 0 Å². The van der Waals surface area contributed by atoms with Crippen molar-refractivity contribution in [3.8, 4) is 0 Å². The van der Waals surface area contributed by atoms with Gasteiger partial charge in [-0.25, -0.2) is 0 Å². The predicted molar refractivity (Wildman–Crippen MR) is 59.5 cm³/mol. The molecule has 0 aromatic heterocycles. The predicted octanol–water partition coefficient (Wildman–Crippen LogP) is 1.50. The number of nitrogens with zero attached hydrogens (tertiary/aromatic N) is 1. The second kappa shape index (κ2) is 7.21. The van der Waals surface area contributed by atoms with Crippen LogP contribution in [0.25, 0.3) is 0 Å². The normalized spacial score (nSPS) is 16.3. The molecule has 0 aromatic rings. The van der Waals surface area contributed by atoms with Crippen molar-refractivity contribution in [2.75, 3.05) is 20.3 Å². The molecule has 3 nitrogen and oxygen atoms in total. The lowest BCUT2D eigenvalue weighted by molar-refractivity contribution is -0.0166. The fraction of sp³-hybridized carbons (Fsp3) is 1.00. The number of hydrogen-bond acceptors (Lipinski definition) is 3. The van der Waals surface area contributed by atoms with Gasteiger partial charge in [-0.2, -0.15) is 0 Å². The maximum absolute atomic E-state index is 8.95. The molecule has 0 spiro atoms. The Bertz CT molecular complexity index is 135. The largest absolute Gasteiger partial charge is 0.394 e. The summed E-state index contributed by atoms with van der Waals surface area (Å²) in [4.78, 5) is 2.27. The number of ether oxygens (including phenoxy) is 1. The first-order valence-electron chi connectivity index (χ1n) is 5.47. The van der Waals surface area contributed by atoms with Crippen LogP contribution in [-0.2, 0) is 4.74 Å². The molecule has 2 unspecified atom stereocenters. The highest BCUT2D eigenvalue weighted by molar-refractivity contribution is 4.67. The minimum absolute atomic E-state index is 0.00184. The van der Waals surface area contributed by atoms with E-state index in [2.05, 4.69) is 32.7 Å². The zero-order valence-electron chi connectivity index (χ0n) is 10.2. The first-order valence-corrected chi connectivity index (χ1v) is 5.47. The summed E-state index contributed by atoms with van der Waals surface area (Å²) in [5, 5.41) is 8.95. The average Bonchev–Trinajstić information content (AvgIpc) is 2.17. The smallest absolute Gasteiger partial charge is 0.0803 e. The van der Waals surface area contributed by atoms with Gasteiger partial charge in [0.15, 0.2) is 0 Å². The maximum atomic E-state index is 8.95. The van der Waals surface area contributed by atoms with Gasteiger partial charge < -0.3 is 9.84 Å². The van der Waals surface area contributed by atoms with Crippen molar-refractivity contribution in [1.29, 1.82) is 0 Å². The van der Waals surface area contributed by atoms with Crippen molar-refractivity contribution < 1.29 is 9.84 Å². The maximum Gasteiger partial charge on any atom is 0.0803 e. The summed E-state index contributed by atoms with van der Waals surface area (Å²) in [6.07, 6.45) is 0.868. The molecule has 0 aliphatic heterocycles. The topological polar surface area (TPSA) is 32.7 Å². The molecule has 2 atom stereocenters. The van der Waals surface area contributed by atoms with E-state index >= 15 is 0 Å². The van der Waals surface area contributed by atoms with E-state index in [1.54, 1.807) is 0 Å². The molecular weight excluding hydrogens is 178 g/mol. The molecule has 14 heavy (non-hydrogen) atoms. The molecule has 0 amide bonds. The Morgan fingerprint density at radius 2 is 1.86 bits per heavy atom.